The molecule has 1 saturated heterocycles. The van der Waals surface area contributed by atoms with Crippen LogP contribution in [0, 0.1) is 0 Å². The first-order chi connectivity index (χ1) is 12.7. The van der Waals surface area contributed by atoms with Crippen molar-refractivity contribution in [3.05, 3.63) is 64.6 Å². The first-order valence-corrected chi connectivity index (χ1v) is 9.91. The van der Waals surface area contributed by atoms with Crippen LogP contribution in [0.2, 0.25) is 0 Å². The molecule has 0 atom stereocenters. The van der Waals surface area contributed by atoms with E-state index in [2.05, 4.69) is 26.6 Å². The quantitative estimate of drug-likeness (QED) is 0.667. The Morgan fingerprint density at radius 1 is 1.00 bits per heavy atom. The number of halogens is 1. The third-order valence-electron chi connectivity index (χ3n) is 4.92. The monoisotopic (exact) mass is 416 g/mol. The number of nitrogens with one attached hydrogen (secondary N) is 2. The summed E-state index contributed by atoms with van der Waals surface area (Å²) in [5, 5.41) is 6.52. The molecule has 2 N–H and O–H groups in total. The maximum Gasteiger partial charge on any atom is 0.230 e. The van der Waals surface area contributed by atoms with Gasteiger partial charge in [0.1, 0.15) is 0 Å². The molecule has 0 unspecified atom stereocenters. The van der Waals surface area contributed by atoms with Crippen LogP contribution in [-0.2, 0) is 14.9 Å². The summed E-state index contributed by atoms with van der Waals surface area (Å²) in [6.45, 7) is 2.74. The lowest BCUT2D eigenvalue weighted by Gasteiger charge is -2.36. The molecule has 26 heavy (non-hydrogen) atoms. The zero-order valence-corrected chi connectivity index (χ0v) is 16.4. The van der Waals surface area contributed by atoms with Crippen LogP contribution in [0.15, 0.2) is 59.1 Å². The summed E-state index contributed by atoms with van der Waals surface area (Å²) in [5.74, 6) is 0.114. The molecule has 0 spiro atoms. The van der Waals surface area contributed by atoms with Gasteiger partial charge < -0.3 is 15.4 Å². The van der Waals surface area contributed by atoms with Gasteiger partial charge in [0.25, 0.3) is 0 Å². The molecule has 1 aliphatic heterocycles. The Kier molecular flexibility index (Phi) is 6.69. The van der Waals surface area contributed by atoms with Crippen molar-refractivity contribution in [1.82, 2.24) is 5.32 Å². The number of carbonyl (C=O) groups is 1. The van der Waals surface area contributed by atoms with Crippen LogP contribution in [-0.4, -0.2) is 32.2 Å². The maximum atomic E-state index is 13.0. The Labute approximate surface area is 163 Å². The molecule has 0 aliphatic carbocycles. The predicted molar refractivity (Wildman–Crippen MR) is 108 cm³/mol. The van der Waals surface area contributed by atoms with Crippen LogP contribution in [0.3, 0.4) is 0 Å². The number of ether oxygens (including phenoxy) is 1. The third kappa shape index (κ3) is 4.65. The Morgan fingerprint density at radius 3 is 2.38 bits per heavy atom. The number of para-hydroxylation sites is 1. The molecule has 2 aromatic carbocycles. The van der Waals surface area contributed by atoms with Crippen molar-refractivity contribution < 1.29 is 9.53 Å². The SMILES string of the molecule is O=C(NCCCNc1ccccc1)C1(c2ccc(Br)cc2)CCOCC1. The van der Waals surface area contributed by atoms with E-state index in [0.29, 0.717) is 19.8 Å². The Hall–Kier alpha value is -1.85. The molecule has 2 aromatic rings. The molecule has 1 heterocycles. The van der Waals surface area contributed by atoms with Crippen LogP contribution >= 0.6 is 15.9 Å². The summed E-state index contributed by atoms with van der Waals surface area (Å²) in [7, 11) is 0. The summed E-state index contributed by atoms with van der Waals surface area (Å²) < 4.78 is 6.54. The molecule has 1 aliphatic rings. The summed E-state index contributed by atoms with van der Waals surface area (Å²) >= 11 is 3.47. The lowest BCUT2D eigenvalue weighted by Crippen LogP contribution is -2.48. The summed E-state index contributed by atoms with van der Waals surface area (Å²) in [4.78, 5) is 13.0. The highest BCUT2D eigenvalue weighted by atomic mass is 79.9. The largest absolute Gasteiger partial charge is 0.385 e. The second-order valence-corrected chi connectivity index (χ2v) is 7.52. The van der Waals surface area contributed by atoms with Gasteiger partial charge in [0, 0.05) is 36.5 Å². The lowest BCUT2D eigenvalue weighted by atomic mass is 9.73. The average molecular weight is 417 g/mol. The van der Waals surface area contributed by atoms with Crippen LogP contribution < -0.4 is 10.6 Å². The highest BCUT2D eigenvalue weighted by molar-refractivity contribution is 9.10. The fourth-order valence-corrected chi connectivity index (χ4v) is 3.65. The van der Waals surface area contributed by atoms with Crippen molar-refractivity contribution in [3.63, 3.8) is 0 Å². The average Bonchev–Trinajstić information content (AvgIpc) is 2.69. The molecular weight excluding hydrogens is 392 g/mol. The number of carbonyl (C=O) groups excluding carboxylic acids is 1. The fourth-order valence-electron chi connectivity index (χ4n) is 3.38. The number of hydrogen-bond donors (Lipinski definition) is 2. The van der Waals surface area contributed by atoms with E-state index in [4.69, 9.17) is 4.74 Å². The first kappa shape index (κ1) is 18.9. The third-order valence-corrected chi connectivity index (χ3v) is 5.45. The van der Waals surface area contributed by atoms with Gasteiger partial charge in [-0.05, 0) is 49.1 Å². The van der Waals surface area contributed by atoms with Gasteiger partial charge in [-0.2, -0.15) is 0 Å². The molecular formula is C21H25BrN2O2. The van der Waals surface area contributed by atoms with E-state index in [1.54, 1.807) is 0 Å². The van der Waals surface area contributed by atoms with E-state index in [1.807, 2.05) is 54.6 Å². The minimum absolute atomic E-state index is 0.114. The molecule has 0 radical (unpaired) electrons. The molecule has 4 nitrogen and oxygen atoms in total. The van der Waals surface area contributed by atoms with E-state index in [0.717, 1.165) is 41.5 Å². The van der Waals surface area contributed by atoms with E-state index < -0.39 is 5.41 Å². The number of rotatable bonds is 7. The number of anilines is 1. The van der Waals surface area contributed by atoms with E-state index in [-0.39, 0.29) is 5.91 Å². The predicted octanol–water partition coefficient (Wildman–Crippen LogP) is 4.12. The number of hydrogen-bond acceptors (Lipinski definition) is 3. The van der Waals surface area contributed by atoms with E-state index in [1.165, 1.54) is 0 Å². The Bertz CT molecular complexity index is 698. The van der Waals surface area contributed by atoms with Gasteiger partial charge in [-0.15, -0.1) is 0 Å². The van der Waals surface area contributed by atoms with Crippen LogP contribution in [0.5, 0.6) is 0 Å². The molecule has 5 heteroatoms. The van der Waals surface area contributed by atoms with E-state index >= 15 is 0 Å². The van der Waals surface area contributed by atoms with Gasteiger partial charge >= 0.3 is 0 Å². The zero-order valence-electron chi connectivity index (χ0n) is 14.8. The van der Waals surface area contributed by atoms with Gasteiger partial charge in [0.15, 0.2) is 0 Å². The number of benzene rings is 2. The van der Waals surface area contributed by atoms with Crippen molar-refractivity contribution in [2.24, 2.45) is 0 Å². The highest BCUT2D eigenvalue weighted by Crippen LogP contribution is 2.35. The molecule has 1 amide bonds. The van der Waals surface area contributed by atoms with Gasteiger partial charge in [-0.1, -0.05) is 46.3 Å². The molecule has 1 fully saturated rings. The van der Waals surface area contributed by atoms with Crippen molar-refractivity contribution >= 4 is 27.5 Å². The molecule has 0 bridgehead atoms. The van der Waals surface area contributed by atoms with Gasteiger partial charge in [0.05, 0.1) is 5.41 Å². The van der Waals surface area contributed by atoms with E-state index in [9.17, 15) is 4.79 Å². The number of amides is 1. The smallest absolute Gasteiger partial charge is 0.230 e. The highest BCUT2D eigenvalue weighted by Gasteiger charge is 2.41. The minimum atomic E-state index is -0.480. The lowest BCUT2D eigenvalue weighted by molar-refractivity contribution is -0.130. The van der Waals surface area contributed by atoms with Gasteiger partial charge in [-0.3, -0.25) is 4.79 Å². The fraction of sp³-hybridized carbons (Fsp3) is 0.381. The van der Waals surface area contributed by atoms with Crippen molar-refractivity contribution in [2.45, 2.75) is 24.7 Å². The molecule has 3 rings (SSSR count). The van der Waals surface area contributed by atoms with Gasteiger partial charge in [-0.25, -0.2) is 0 Å². The van der Waals surface area contributed by atoms with Crippen molar-refractivity contribution in [2.75, 3.05) is 31.6 Å². The first-order valence-electron chi connectivity index (χ1n) is 9.12. The van der Waals surface area contributed by atoms with Crippen LogP contribution in [0.25, 0.3) is 0 Å². The Balaban J connectivity index is 1.55. The normalized spacial score (nSPS) is 16.0. The second-order valence-electron chi connectivity index (χ2n) is 6.60. The summed E-state index contributed by atoms with van der Waals surface area (Å²) in [6.07, 6.45) is 2.33. The molecule has 138 valence electrons. The maximum absolute atomic E-state index is 13.0. The van der Waals surface area contributed by atoms with Crippen molar-refractivity contribution in [3.8, 4) is 0 Å². The molecule has 0 aromatic heterocycles. The topological polar surface area (TPSA) is 50.4 Å². The van der Waals surface area contributed by atoms with Crippen molar-refractivity contribution in [1.29, 1.82) is 0 Å². The molecule has 0 saturated carbocycles. The van der Waals surface area contributed by atoms with Crippen LogP contribution in [0.1, 0.15) is 24.8 Å². The summed E-state index contributed by atoms with van der Waals surface area (Å²) in [5.41, 5.74) is 1.70. The zero-order chi connectivity index (χ0) is 18.2. The second kappa shape index (κ2) is 9.19. The minimum Gasteiger partial charge on any atom is -0.385 e. The summed E-state index contributed by atoms with van der Waals surface area (Å²) in [6, 6.07) is 18.2. The Morgan fingerprint density at radius 2 is 1.69 bits per heavy atom. The van der Waals surface area contributed by atoms with Gasteiger partial charge in [0.2, 0.25) is 5.91 Å². The van der Waals surface area contributed by atoms with Crippen LogP contribution in [0.4, 0.5) is 5.69 Å². The standard InChI is InChI=1S/C21H25BrN2O2/c22-18-9-7-17(8-10-18)21(11-15-26-16-12-21)20(25)24-14-4-13-23-19-5-2-1-3-6-19/h1-3,5-10,23H,4,11-16H2,(H,24,25).